The van der Waals surface area contributed by atoms with E-state index in [1.165, 1.54) is 16.7 Å². The molecule has 29 heavy (non-hydrogen) atoms. The van der Waals surface area contributed by atoms with E-state index in [0.29, 0.717) is 0 Å². The molecule has 1 atom stereocenters. The van der Waals surface area contributed by atoms with Crippen molar-refractivity contribution in [2.45, 2.75) is 46.1 Å². The highest BCUT2D eigenvalue weighted by Crippen LogP contribution is 2.25. The van der Waals surface area contributed by atoms with E-state index in [1.54, 1.807) is 0 Å². The number of aromatic nitrogens is 2. The van der Waals surface area contributed by atoms with Gasteiger partial charge in [0.15, 0.2) is 0 Å². The van der Waals surface area contributed by atoms with Crippen molar-refractivity contribution in [3.8, 4) is 0 Å². The van der Waals surface area contributed by atoms with E-state index in [-0.39, 0.29) is 6.10 Å². The standard InChI is InChI=1S/C24H34N4O/c1-5-6-10-22(29)17-27-11-13-28(14-12-27)24-23(19(3)25-20(4)26-24)16-21-9-7-8-18(2)15-21/h5,7-9,15,22,29H,1,6,10-14,16-17H2,2-4H3. The number of anilines is 1. The fraction of sp³-hybridized carbons (Fsp3) is 0.500. The highest BCUT2D eigenvalue weighted by Gasteiger charge is 2.23. The number of hydrogen-bond acceptors (Lipinski definition) is 5. The maximum absolute atomic E-state index is 10.2. The lowest BCUT2D eigenvalue weighted by Gasteiger charge is -2.37. The van der Waals surface area contributed by atoms with Crippen molar-refractivity contribution in [3.05, 3.63) is 65.1 Å². The molecule has 0 saturated carbocycles. The molecule has 0 spiro atoms. The summed E-state index contributed by atoms with van der Waals surface area (Å²) in [6, 6.07) is 8.67. The SMILES string of the molecule is C=CCCC(O)CN1CCN(c2nc(C)nc(C)c2Cc2cccc(C)c2)CC1. The molecule has 1 N–H and O–H groups in total. The van der Waals surface area contributed by atoms with Gasteiger partial charge in [-0.15, -0.1) is 6.58 Å². The summed E-state index contributed by atoms with van der Waals surface area (Å²) in [6.07, 6.45) is 4.10. The van der Waals surface area contributed by atoms with Gasteiger partial charge in [0.1, 0.15) is 11.6 Å². The maximum Gasteiger partial charge on any atom is 0.136 e. The van der Waals surface area contributed by atoms with Gasteiger partial charge in [-0.2, -0.15) is 0 Å². The molecule has 1 aromatic heterocycles. The Bertz CT molecular complexity index is 828. The molecule has 0 bridgehead atoms. The molecule has 1 saturated heterocycles. The Kier molecular flexibility index (Phi) is 7.40. The van der Waals surface area contributed by atoms with Crippen LogP contribution in [0.5, 0.6) is 0 Å². The molecule has 0 amide bonds. The van der Waals surface area contributed by atoms with Crippen molar-refractivity contribution in [3.63, 3.8) is 0 Å². The Hall–Kier alpha value is -2.24. The number of nitrogens with zero attached hydrogens (tertiary/aromatic N) is 4. The topological polar surface area (TPSA) is 52.5 Å². The van der Waals surface area contributed by atoms with E-state index in [4.69, 9.17) is 4.98 Å². The van der Waals surface area contributed by atoms with Crippen LogP contribution in [0.3, 0.4) is 0 Å². The quantitative estimate of drug-likeness (QED) is 0.695. The molecular formula is C24H34N4O. The van der Waals surface area contributed by atoms with Crippen LogP contribution in [0.2, 0.25) is 0 Å². The Labute approximate surface area is 175 Å². The zero-order valence-corrected chi connectivity index (χ0v) is 18.1. The molecule has 2 aromatic rings. The minimum absolute atomic E-state index is 0.278. The molecule has 1 aromatic carbocycles. The van der Waals surface area contributed by atoms with Gasteiger partial charge in [0.25, 0.3) is 0 Å². The van der Waals surface area contributed by atoms with Crippen LogP contribution >= 0.6 is 0 Å². The van der Waals surface area contributed by atoms with E-state index < -0.39 is 0 Å². The molecule has 0 radical (unpaired) electrons. The molecule has 156 valence electrons. The zero-order chi connectivity index (χ0) is 20.8. The first-order valence-electron chi connectivity index (χ1n) is 10.6. The molecule has 5 nitrogen and oxygen atoms in total. The van der Waals surface area contributed by atoms with Crippen LogP contribution in [0, 0.1) is 20.8 Å². The number of allylic oxidation sites excluding steroid dienone is 1. The van der Waals surface area contributed by atoms with Crippen molar-refractivity contribution in [2.24, 2.45) is 0 Å². The lowest BCUT2D eigenvalue weighted by molar-refractivity contribution is 0.103. The number of β-amino-alcohol motifs (C(OH)–C–C–N with tert-alkyl or cyclic N) is 1. The van der Waals surface area contributed by atoms with Crippen molar-refractivity contribution >= 4 is 5.82 Å². The van der Waals surface area contributed by atoms with E-state index in [9.17, 15) is 5.11 Å². The lowest BCUT2D eigenvalue weighted by Crippen LogP contribution is -2.49. The highest BCUT2D eigenvalue weighted by molar-refractivity contribution is 5.51. The second-order valence-electron chi connectivity index (χ2n) is 8.13. The molecule has 0 aliphatic carbocycles. The van der Waals surface area contributed by atoms with Crippen LogP contribution in [0.1, 0.15) is 41.1 Å². The van der Waals surface area contributed by atoms with Crippen LogP contribution < -0.4 is 4.90 Å². The lowest BCUT2D eigenvalue weighted by atomic mass is 10.0. The molecule has 2 heterocycles. The van der Waals surface area contributed by atoms with Gasteiger partial charge in [-0.25, -0.2) is 9.97 Å². The Morgan fingerprint density at radius 3 is 2.59 bits per heavy atom. The summed E-state index contributed by atoms with van der Waals surface area (Å²) in [5.41, 5.74) is 4.86. The van der Waals surface area contributed by atoms with Gasteiger partial charge in [0, 0.05) is 50.4 Å². The van der Waals surface area contributed by atoms with E-state index in [2.05, 4.69) is 59.5 Å². The second kappa shape index (κ2) is 9.99. The zero-order valence-electron chi connectivity index (χ0n) is 18.1. The third kappa shape index (κ3) is 5.87. The van der Waals surface area contributed by atoms with Gasteiger partial charge in [-0.3, -0.25) is 4.90 Å². The van der Waals surface area contributed by atoms with Crippen molar-refractivity contribution in [1.29, 1.82) is 0 Å². The number of aryl methyl sites for hydroxylation is 3. The average molecular weight is 395 g/mol. The first-order chi connectivity index (χ1) is 14.0. The summed E-state index contributed by atoms with van der Waals surface area (Å²) in [5.74, 6) is 1.90. The molecule has 1 fully saturated rings. The minimum Gasteiger partial charge on any atom is -0.392 e. The van der Waals surface area contributed by atoms with E-state index in [0.717, 1.165) is 69.3 Å². The first kappa shape index (κ1) is 21.5. The summed E-state index contributed by atoms with van der Waals surface area (Å²) in [5, 5.41) is 10.2. The number of aliphatic hydroxyl groups excluding tert-OH is 1. The molecule has 1 aliphatic heterocycles. The monoisotopic (exact) mass is 394 g/mol. The van der Waals surface area contributed by atoms with E-state index >= 15 is 0 Å². The predicted octanol–water partition coefficient (Wildman–Crippen LogP) is 3.44. The second-order valence-corrected chi connectivity index (χ2v) is 8.13. The van der Waals surface area contributed by atoms with Gasteiger partial charge >= 0.3 is 0 Å². The highest BCUT2D eigenvalue weighted by atomic mass is 16.3. The van der Waals surface area contributed by atoms with Gasteiger partial charge < -0.3 is 10.0 Å². The van der Waals surface area contributed by atoms with Gasteiger partial charge in [0.2, 0.25) is 0 Å². The Morgan fingerprint density at radius 2 is 1.90 bits per heavy atom. The summed E-state index contributed by atoms with van der Waals surface area (Å²) in [6.45, 7) is 14.4. The van der Waals surface area contributed by atoms with Crippen LogP contribution in [0.15, 0.2) is 36.9 Å². The van der Waals surface area contributed by atoms with Crippen molar-refractivity contribution in [1.82, 2.24) is 14.9 Å². The fourth-order valence-electron chi connectivity index (χ4n) is 4.05. The Morgan fingerprint density at radius 1 is 1.14 bits per heavy atom. The fourth-order valence-corrected chi connectivity index (χ4v) is 4.05. The van der Waals surface area contributed by atoms with Crippen LogP contribution in [-0.4, -0.2) is 58.8 Å². The van der Waals surface area contributed by atoms with Gasteiger partial charge in [-0.05, 0) is 39.2 Å². The van der Waals surface area contributed by atoms with Crippen LogP contribution in [0.4, 0.5) is 5.82 Å². The number of hydrogen-bond donors (Lipinski definition) is 1. The summed E-state index contributed by atoms with van der Waals surface area (Å²) >= 11 is 0. The third-order valence-electron chi connectivity index (χ3n) is 5.61. The number of benzene rings is 1. The molecule has 3 rings (SSSR count). The molecule has 1 aliphatic rings. The number of aliphatic hydroxyl groups is 1. The van der Waals surface area contributed by atoms with Gasteiger partial charge in [-0.1, -0.05) is 35.9 Å². The summed E-state index contributed by atoms with van der Waals surface area (Å²) in [7, 11) is 0. The summed E-state index contributed by atoms with van der Waals surface area (Å²) < 4.78 is 0. The molecular weight excluding hydrogens is 360 g/mol. The molecule has 5 heteroatoms. The predicted molar refractivity (Wildman–Crippen MR) is 120 cm³/mol. The smallest absolute Gasteiger partial charge is 0.136 e. The van der Waals surface area contributed by atoms with Crippen molar-refractivity contribution in [2.75, 3.05) is 37.6 Å². The van der Waals surface area contributed by atoms with E-state index in [1.807, 2.05) is 13.0 Å². The minimum atomic E-state index is -0.278. The number of rotatable bonds is 8. The first-order valence-corrected chi connectivity index (χ1v) is 10.6. The van der Waals surface area contributed by atoms with Crippen molar-refractivity contribution < 1.29 is 5.11 Å². The largest absolute Gasteiger partial charge is 0.392 e. The van der Waals surface area contributed by atoms with Gasteiger partial charge in [0.05, 0.1) is 6.10 Å². The third-order valence-corrected chi connectivity index (χ3v) is 5.61. The normalized spacial score (nSPS) is 16.1. The number of piperazine rings is 1. The van der Waals surface area contributed by atoms with Crippen LogP contribution in [-0.2, 0) is 6.42 Å². The Balaban J connectivity index is 1.71. The maximum atomic E-state index is 10.2. The average Bonchev–Trinajstić information content (AvgIpc) is 2.69. The molecule has 1 unspecified atom stereocenters. The van der Waals surface area contributed by atoms with Crippen LogP contribution in [0.25, 0.3) is 0 Å². The summed E-state index contributed by atoms with van der Waals surface area (Å²) in [4.78, 5) is 14.2.